The first-order valence-electron chi connectivity index (χ1n) is 10.3. The minimum atomic E-state index is -0.742. The second kappa shape index (κ2) is 7.50. The second-order valence-electron chi connectivity index (χ2n) is 7.95. The summed E-state index contributed by atoms with van der Waals surface area (Å²) in [6.07, 6.45) is 4.96. The van der Waals surface area contributed by atoms with Crippen LogP contribution < -0.4 is 4.90 Å². The lowest BCUT2D eigenvalue weighted by Crippen LogP contribution is -2.57. The van der Waals surface area contributed by atoms with Gasteiger partial charge in [-0.25, -0.2) is 4.98 Å². The number of pyridine rings is 1. The molecule has 0 bridgehead atoms. The molecule has 2 saturated heterocycles. The Morgan fingerprint density at radius 3 is 2.68 bits per heavy atom. The summed E-state index contributed by atoms with van der Waals surface area (Å²) >= 11 is 0. The highest BCUT2D eigenvalue weighted by molar-refractivity contribution is 5.98. The molecular formula is C22H22N6O3. The number of H-pyrrole nitrogens is 1. The summed E-state index contributed by atoms with van der Waals surface area (Å²) < 4.78 is 0. The maximum atomic E-state index is 13.3. The topological polar surface area (TPSA) is 102 Å². The minimum Gasteiger partial charge on any atom is -0.339 e. The molecule has 2 aliphatic heterocycles. The number of hydrogen-bond acceptors (Lipinski definition) is 6. The fourth-order valence-corrected chi connectivity index (χ4v) is 4.65. The van der Waals surface area contributed by atoms with E-state index in [1.165, 1.54) is 0 Å². The molecule has 1 aromatic carbocycles. The Morgan fingerprint density at radius 2 is 1.94 bits per heavy atom. The first-order chi connectivity index (χ1) is 15.1. The van der Waals surface area contributed by atoms with Crippen LogP contribution in [-0.2, 0) is 9.59 Å². The van der Waals surface area contributed by atoms with E-state index in [0.717, 1.165) is 17.4 Å². The third-order valence-corrected chi connectivity index (χ3v) is 6.29. The van der Waals surface area contributed by atoms with Gasteiger partial charge in [-0.05, 0) is 31.0 Å². The molecule has 0 aliphatic carbocycles. The fourth-order valence-electron chi connectivity index (χ4n) is 4.65. The van der Waals surface area contributed by atoms with Crippen molar-refractivity contribution in [3.8, 4) is 0 Å². The van der Waals surface area contributed by atoms with Crippen molar-refractivity contribution in [1.29, 1.82) is 0 Å². The van der Waals surface area contributed by atoms with E-state index in [4.69, 9.17) is 0 Å². The van der Waals surface area contributed by atoms with Gasteiger partial charge in [0.05, 0.1) is 25.0 Å². The second-order valence-corrected chi connectivity index (χ2v) is 7.95. The van der Waals surface area contributed by atoms with E-state index in [2.05, 4.69) is 20.1 Å². The average molecular weight is 418 g/mol. The molecule has 0 atom stereocenters. The van der Waals surface area contributed by atoms with Gasteiger partial charge in [-0.1, -0.05) is 18.2 Å². The van der Waals surface area contributed by atoms with Gasteiger partial charge in [0.25, 0.3) is 5.91 Å². The number of aromatic nitrogens is 3. The Hall–Kier alpha value is -3.75. The number of rotatable bonds is 4. The number of carbonyl (C=O) groups is 3. The van der Waals surface area contributed by atoms with Crippen molar-refractivity contribution in [1.82, 2.24) is 25.0 Å². The first-order valence-corrected chi connectivity index (χ1v) is 10.3. The molecule has 1 N–H and O–H groups in total. The number of benzene rings is 1. The third-order valence-electron chi connectivity index (χ3n) is 6.29. The summed E-state index contributed by atoms with van der Waals surface area (Å²) in [6.45, 7) is 1.35. The summed E-state index contributed by atoms with van der Waals surface area (Å²) in [5.41, 5.74) is 1.34. The standard InChI is InChI=1S/C22H22N6O3/c29-11-10-27-15-28(18-4-2-1-3-5-18)22(21(27)31)6-8-26(9-7-22)20(30)17-12-16-14-24-25-19(16)23-13-17/h1-5,11-14H,6-10,15H2,(H,23,24,25). The van der Waals surface area contributed by atoms with Gasteiger partial charge in [0, 0.05) is 30.4 Å². The molecule has 0 unspecified atom stereocenters. The van der Waals surface area contributed by atoms with Gasteiger partial charge in [0.15, 0.2) is 5.65 Å². The number of anilines is 1. The Morgan fingerprint density at radius 1 is 1.16 bits per heavy atom. The highest BCUT2D eigenvalue weighted by Crippen LogP contribution is 2.39. The number of hydrogen-bond donors (Lipinski definition) is 1. The summed E-state index contributed by atoms with van der Waals surface area (Å²) in [6, 6.07) is 11.5. The van der Waals surface area contributed by atoms with Gasteiger partial charge in [-0.2, -0.15) is 5.10 Å². The van der Waals surface area contributed by atoms with Crippen molar-refractivity contribution < 1.29 is 14.4 Å². The molecule has 2 amide bonds. The largest absolute Gasteiger partial charge is 0.339 e. The predicted octanol–water partition coefficient (Wildman–Crippen LogP) is 1.44. The maximum Gasteiger partial charge on any atom is 0.255 e. The zero-order valence-corrected chi connectivity index (χ0v) is 16.9. The molecule has 1 spiro atoms. The van der Waals surface area contributed by atoms with Crippen molar-refractivity contribution >= 4 is 34.8 Å². The number of para-hydroxylation sites is 1. The van der Waals surface area contributed by atoms with Gasteiger partial charge in [0.1, 0.15) is 11.8 Å². The highest BCUT2D eigenvalue weighted by Gasteiger charge is 2.54. The van der Waals surface area contributed by atoms with E-state index in [0.29, 0.717) is 43.8 Å². The lowest BCUT2D eigenvalue weighted by molar-refractivity contribution is -0.134. The zero-order valence-electron chi connectivity index (χ0n) is 16.9. The molecule has 31 heavy (non-hydrogen) atoms. The van der Waals surface area contributed by atoms with Gasteiger partial charge < -0.3 is 19.5 Å². The SMILES string of the molecule is O=CCN1CN(c2ccccc2)C2(CCN(C(=O)c3cnc4[nH]ncc4c3)CC2)C1=O. The molecule has 4 heterocycles. The minimum absolute atomic E-state index is 0.0444. The zero-order chi connectivity index (χ0) is 21.4. The Kier molecular flexibility index (Phi) is 4.65. The van der Waals surface area contributed by atoms with Crippen molar-refractivity contribution in [2.75, 3.05) is 31.2 Å². The van der Waals surface area contributed by atoms with E-state index >= 15 is 0 Å². The highest BCUT2D eigenvalue weighted by atomic mass is 16.2. The van der Waals surface area contributed by atoms with Gasteiger partial charge in [0.2, 0.25) is 5.91 Å². The lowest BCUT2D eigenvalue weighted by atomic mass is 9.85. The molecule has 2 aromatic heterocycles. The van der Waals surface area contributed by atoms with Crippen molar-refractivity contribution in [2.24, 2.45) is 0 Å². The Bertz CT molecular complexity index is 1140. The number of likely N-dealkylation sites (tertiary alicyclic amines) is 1. The van der Waals surface area contributed by atoms with Gasteiger partial charge in [-0.15, -0.1) is 0 Å². The predicted molar refractivity (Wildman–Crippen MR) is 113 cm³/mol. The number of aromatic amines is 1. The van der Waals surface area contributed by atoms with Gasteiger partial charge >= 0.3 is 0 Å². The number of piperidine rings is 1. The fraction of sp³-hybridized carbons (Fsp3) is 0.318. The van der Waals surface area contributed by atoms with Crippen LogP contribution >= 0.6 is 0 Å². The van der Waals surface area contributed by atoms with E-state index in [-0.39, 0.29) is 18.4 Å². The van der Waals surface area contributed by atoms with Crippen LogP contribution in [0.3, 0.4) is 0 Å². The number of nitrogens with zero attached hydrogens (tertiary/aromatic N) is 5. The molecule has 9 nitrogen and oxygen atoms in total. The van der Waals surface area contributed by atoms with E-state index < -0.39 is 5.54 Å². The maximum absolute atomic E-state index is 13.3. The normalized spacial score (nSPS) is 18.2. The lowest BCUT2D eigenvalue weighted by Gasteiger charge is -2.43. The van der Waals surface area contributed by atoms with Crippen LogP contribution in [0.1, 0.15) is 23.2 Å². The van der Waals surface area contributed by atoms with E-state index in [1.807, 2.05) is 30.3 Å². The first kappa shape index (κ1) is 19.2. The van der Waals surface area contributed by atoms with Crippen LogP contribution in [0.2, 0.25) is 0 Å². The molecule has 0 radical (unpaired) electrons. The van der Waals surface area contributed by atoms with Crippen molar-refractivity contribution in [3.63, 3.8) is 0 Å². The van der Waals surface area contributed by atoms with Crippen LogP contribution in [0.4, 0.5) is 5.69 Å². The third kappa shape index (κ3) is 3.13. The molecule has 158 valence electrons. The van der Waals surface area contributed by atoms with Crippen LogP contribution in [0.15, 0.2) is 48.8 Å². The molecule has 9 heteroatoms. The van der Waals surface area contributed by atoms with Gasteiger partial charge in [-0.3, -0.25) is 14.7 Å². The quantitative estimate of drug-likeness (QED) is 0.643. The van der Waals surface area contributed by atoms with Crippen molar-refractivity contribution in [3.05, 3.63) is 54.4 Å². The smallest absolute Gasteiger partial charge is 0.255 e. The number of nitrogens with one attached hydrogen (secondary N) is 1. The molecule has 0 saturated carbocycles. The number of carbonyl (C=O) groups excluding carboxylic acids is 3. The summed E-state index contributed by atoms with van der Waals surface area (Å²) in [5.74, 6) is -0.149. The van der Waals surface area contributed by atoms with Crippen LogP contribution in [0, 0.1) is 0 Å². The number of amides is 2. The molecule has 2 aliphatic rings. The summed E-state index contributed by atoms with van der Waals surface area (Å²) in [4.78, 5) is 47.2. The summed E-state index contributed by atoms with van der Waals surface area (Å²) in [5, 5.41) is 7.51. The Labute approximate surface area is 178 Å². The molecule has 5 rings (SSSR count). The van der Waals surface area contributed by atoms with Crippen LogP contribution in [0.5, 0.6) is 0 Å². The monoisotopic (exact) mass is 418 g/mol. The number of aldehydes is 1. The number of fused-ring (bicyclic) bond motifs is 1. The van der Waals surface area contributed by atoms with Crippen molar-refractivity contribution in [2.45, 2.75) is 18.4 Å². The molecule has 2 fully saturated rings. The van der Waals surface area contributed by atoms with Crippen LogP contribution in [0.25, 0.3) is 11.0 Å². The summed E-state index contributed by atoms with van der Waals surface area (Å²) in [7, 11) is 0. The molecule has 3 aromatic rings. The van der Waals surface area contributed by atoms with E-state index in [1.54, 1.807) is 28.3 Å². The molecular weight excluding hydrogens is 396 g/mol. The van der Waals surface area contributed by atoms with E-state index in [9.17, 15) is 14.4 Å². The average Bonchev–Trinajstić information content (AvgIpc) is 3.38. The Balaban J connectivity index is 1.38. The van der Waals surface area contributed by atoms with Crippen LogP contribution in [-0.4, -0.2) is 74.9 Å².